The lowest BCUT2D eigenvalue weighted by atomic mass is 9.95. The van der Waals surface area contributed by atoms with Crippen LogP contribution in [-0.2, 0) is 4.79 Å². The predicted octanol–water partition coefficient (Wildman–Crippen LogP) is 1.32. The molecule has 0 aliphatic heterocycles. The molecule has 1 atom stereocenters. The zero-order valence-electron chi connectivity index (χ0n) is 10.3. The number of hydrogen-bond donors (Lipinski definition) is 1. The van der Waals surface area contributed by atoms with Gasteiger partial charge in [-0.3, -0.25) is 4.79 Å². The van der Waals surface area contributed by atoms with E-state index in [1.54, 1.807) is 13.8 Å². The Bertz CT molecular complexity index is 384. The summed E-state index contributed by atoms with van der Waals surface area (Å²) in [6, 6.07) is 1.50. The van der Waals surface area contributed by atoms with Gasteiger partial charge in [0.05, 0.1) is 20.3 Å². The Morgan fingerprint density at radius 3 is 2.00 bits per heavy atom. The average molecular weight is 240 g/mol. The summed E-state index contributed by atoms with van der Waals surface area (Å²) in [5.41, 5.74) is 0. The van der Waals surface area contributed by atoms with E-state index in [0.717, 1.165) is 0 Å². The summed E-state index contributed by atoms with van der Waals surface area (Å²) in [6.45, 7) is 3.60. The van der Waals surface area contributed by atoms with Gasteiger partial charge < -0.3 is 14.6 Å². The highest BCUT2D eigenvalue weighted by Gasteiger charge is 2.27. The molecule has 0 saturated heterocycles. The van der Waals surface area contributed by atoms with E-state index >= 15 is 0 Å². The van der Waals surface area contributed by atoms with E-state index < -0.39 is 11.9 Å². The second-order valence-electron chi connectivity index (χ2n) is 3.87. The van der Waals surface area contributed by atoms with Crippen molar-refractivity contribution >= 4 is 5.97 Å². The van der Waals surface area contributed by atoms with Crippen molar-refractivity contribution in [2.75, 3.05) is 14.2 Å². The fourth-order valence-corrected chi connectivity index (χ4v) is 1.46. The lowest BCUT2D eigenvalue weighted by molar-refractivity contribution is -0.140. The molecule has 0 saturated carbocycles. The minimum Gasteiger partial charge on any atom is -0.481 e. The number of methoxy groups -OCH3 is 2. The molecule has 6 heteroatoms. The summed E-state index contributed by atoms with van der Waals surface area (Å²) in [5.74, 6) is -1.08. The molecule has 1 unspecified atom stereocenters. The molecule has 1 rings (SSSR count). The SMILES string of the molecule is COc1cc(OC)nc(C(C(=O)O)C(C)C)n1. The van der Waals surface area contributed by atoms with Crippen molar-refractivity contribution in [3.8, 4) is 11.8 Å². The first-order chi connectivity index (χ1) is 7.99. The number of hydrogen-bond acceptors (Lipinski definition) is 5. The summed E-state index contributed by atoms with van der Waals surface area (Å²) in [6.07, 6.45) is 0. The third kappa shape index (κ3) is 3.05. The first-order valence-corrected chi connectivity index (χ1v) is 5.19. The highest BCUT2D eigenvalue weighted by Crippen LogP contribution is 2.25. The van der Waals surface area contributed by atoms with Gasteiger partial charge in [-0.05, 0) is 5.92 Å². The van der Waals surface area contributed by atoms with Crippen LogP contribution in [0, 0.1) is 5.92 Å². The van der Waals surface area contributed by atoms with Gasteiger partial charge in [0.25, 0.3) is 0 Å². The van der Waals surface area contributed by atoms with Crippen molar-refractivity contribution in [1.82, 2.24) is 9.97 Å². The Morgan fingerprint density at radius 2 is 1.71 bits per heavy atom. The number of carboxylic acid groups (broad SMARTS) is 1. The Balaban J connectivity index is 3.22. The molecule has 1 heterocycles. The molecule has 17 heavy (non-hydrogen) atoms. The van der Waals surface area contributed by atoms with Crippen LogP contribution < -0.4 is 9.47 Å². The van der Waals surface area contributed by atoms with E-state index in [4.69, 9.17) is 14.6 Å². The molecule has 1 aromatic heterocycles. The predicted molar refractivity (Wildman–Crippen MR) is 60.4 cm³/mol. The molecule has 1 N–H and O–H groups in total. The minimum atomic E-state index is -0.963. The standard InChI is InChI=1S/C11H16N2O4/c1-6(2)9(11(14)15)10-12-7(16-3)5-8(13-10)17-4/h5-6,9H,1-4H3,(H,14,15). The van der Waals surface area contributed by atoms with E-state index in [9.17, 15) is 4.79 Å². The molecule has 0 spiro atoms. The van der Waals surface area contributed by atoms with Gasteiger partial charge in [0.15, 0.2) is 5.82 Å². The van der Waals surface area contributed by atoms with Gasteiger partial charge in [-0.25, -0.2) is 0 Å². The van der Waals surface area contributed by atoms with Gasteiger partial charge in [0, 0.05) is 0 Å². The van der Waals surface area contributed by atoms with Crippen molar-refractivity contribution in [3.63, 3.8) is 0 Å². The molecule has 94 valence electrons. The van der Waals surface area contributed by atoms with Crippen molar-refractivity contribution < 1.29 is 19.4 Å². The summed E-state index contributed by atoms with van der Waals surface area (Å²) >= 11 is 0. The number of ether oxygens (including phenoxy) is 2. The molecule has 0 bridgehead atoms. The fourth-order valence-electron chi connectivity index (χ4n) is 1.46. The minimum absolute atomic E-state index is 0.121. The van der Waals surface area contributed by atoms with Crippen LogP contribution in [0.3, 0.4) is 0 Å². The van der Waals surface area contributed by atoms with Crippen LogP contribution in [0.25, 0.3) is 0 Å². The third-order valence-corrected chi connectivity index (χ3v) is 2.33. The van der Waals surface area contributed by atoms with E-state index in [1.807, 2.05) is 0 Å². The molecule has 0 aliphatic rings. The number of rotatable bonds is 5. The van der Waals surface area contributed by atoms with Crippen LogP contribution in [0.4, 0.5) is 0 Å². The molecule has 1 aromatic rings. The summed E-state index contributed by atoms with van der Waals surface area (Å²) in [5, 5.41) is 9.16. The third-order valence-electron chi connectivity index (χ3n) is 2.33. The van der Waals surface area contributed by atoms with Crippen molar-refractivity contribution in [2.45, 2.75) is 19.8 Å². The lowest BCUT2D eigenvalue weighted by Gasteiger charge is -2.15. The van der Waals surface area contributed by atoms with Crippen LogP contribution in [0.15, 0.2) is 6.07 Å². The highest BCUT2D eigenvalue weighted by molar-refractivity contribution is 5.75. The maximum absolute atomic E-state index is 11.2. The Morgan fingerprint density at radius 1 is 1.24 bits per heavy atom. The normalized spacial score (nSPS) is 12.3. The van der Waals surface area contributed by atoms with Gasteiger partial charge >= 0.3 is 5.97 Å². The van der Waals surface area contributed by atoms with E-state index in [0.29, 0.717) is 11.8 Å². The van der Waals surface area contributed by atoms with Gasteiger partial charge in [-0.2, -0.15) is 9.97 Å². The number of aromatic nitrogens is 2. The topological polar surface area (TPSA) is 81.5 Å². The number of nitrogens with zero attached hydrogens (tertiary/aromatic N) is 2. The molecule has 0 aliphatic carbocycles. The quantitative estimate of drug-likeness (QED) is 0.835. The van der Waals surface area contributed by atoms with Crippen LogP contribution in [-0.4, -0.2) is 35.3 Å². The van der Waals surface area contributed by atoms with Gasteiger partial charge in [0.1, 0.15) is 5.92 Å². The van der Waals surface area contributed by atoms with Crippen molar-refractivity contribution in [3.05, 3.63) is 11.9 Å². The smallest absolute Gasteiger partial charge is 0.314 e. The Kier molecular flexibility index (Phi) is 4.25. The van der Waals surface area contributed by atoms with E-state index in [-0.39, 0.29) is 11.7 Å². The van der Waals surface area contributed by atoms with Crippen LogP contribution >= 0.6 is 0 Å². The van der Waals surface area contributed by atoms with Gasteiger partial charge in [0.2, 0.25) is 11.8 Å². The monoisotopic (exact) mass is 240 g/mol. The second-order valence-corrected chi connectivity index (χ2v) is 3.87. The van der Waals surface area contributed by atoms with Crippen LogP contribution in [0.5, 0.6) is 11.8 Å². The van der Waals surface area contributed by atoms with Gasteiger partial charge in [-0.15, -0.1) is 0 Å². The van der Waals surface area contributed by atoms with Crippen molar-refractivity contribution in [2.24, 2.45) is 5.92 Å². The van der Waals surface area contributed by atoms with E-state index in [1.165, 1.54) is 20.3 Å². The lowest BCUT2D eigenvalue weighted by Crippen LogP contribution is -2.20. The number of carbonyl (C=O) groups is 1. The Labute approximate surface area is 99.6 Å². The summed E-state index contributed by atoms with van der Waals surface area (Å²) in [4.78, 5) is 19.3. The van der Waals surface area contributed by atoms with E-state index in [2.05, 4.69) is 9.97 Å². The molecule has 0 fully saturated rings. The highest BCUT2D eigenvalue weighted by atomic mass is 16.5. The molecular formula is C11H16N2O4. The maximum Gasteiger partial charge on any atom is 0.314 e. The zero-order valence-corrected chi connectivity index (χ0v) is 10.3. The molecule has 6 nitrogen and oxygen atoms in total. The molecule has 0 amide bonds. The largest absolute Gasteiger partial charge is 0.481 e. The average Bonchev–Trinajstić information content (AvgIpc) is 2.27. The number of aliphatic carboxylic acids is 1. The van der Waals surface area contributed by atoms with Crippen molar-refractivity contribution in [1.29, 1.82) is 0 Å². The van der Waals surface area contributed by atoms with Crippen LogP contribution in [0.2, 0.25) is 0 Å². The van der Waals surface area contributed by atoms with Gasteiger partial charge in [-0.1, -0.05) is 13.8 Å². The fraction of sp³-hybridized carbons (Fsp3) is 0.545. The molecular weight excluding hydrogens is 224 g/mol. The molecule has 0 aromatic carbocycles. The first-order valence-electron chi connectivity index (χ1n) is 5.19. The first kappa shape index (κ1) is 13.2. The second kappa shape index (κ2) is 5.47. The number of carboxylic acids is 1. The maximum atomic E-state index is 11.2. The summed E-state index contributed by atoms with van der Waals surface area (Å²) < 4.78 is 9.97. The molecule has 0 radical (unpaired) electrons. The summed E-state index contributed by atoms with van der Waals surface area (Å²) in [7, 11) is 2.91. The zero-order chi connectivity index (χ0) is 13.0. The Hall–Kier alpha value is -1.85. The van der Waals surface area contributed by atoms with Crippen LogP contribution in [0.1, 0.15) is 25.6 Å².